The molecule has 3 nitrogen and oxygen atoms in total. The Hall–Kier alpha value is -0.830. The molecule has 0 aromatic rings. The molecule has 0 bridgehead atoms. The van der Waals surface area contributed by atoms with Gasteiger partial charge in [0.05, 0.1) is 0 Å². The van der Waals surface area contributed by atoms with Crippen LogP contribution >= 0.6 is 0 Å². The van der Waals surface area contributed by atoms with Gasteiger partial charge in [-0.1, -0.05) is 6.92 Å². The summed E-state index contributed by atoms with van der Waals surface area (Å²) in [6.07, 6.45) is 2.45. The molecule has 0 aromatic carbocycles. The van der Waals surface area contributed by atoms with Crippen LogP contribution in [-0.2, 0) is 0 Å². The molecular weight excluding hydrogens is 102 g/mol. The second kappa shape index (κ2) is 4.33. The number of aliphatic imine (C=N–C) groups is 1. The van der Waals surface area contributed by atoms with Gasteiger partial charge >= 0.3 is 0 Å². The van der Waals surface area contributed by atoms with Crippen molar-refractivity contribution in [3.05, 3.63) is 11.9 Å². The third-order valence-electron chi connectivity index (χ3n) is 0.813. The maximum Gasteiger partial charge on any atom is 0.0463 e. The van der Waals surface area contributed by atoms with Crippen molar-refractivity contribution in [2.45, 2.75) is 13.3 Å². The average molecular weight is 113 g/mol. The lowest BCUT2D eigenvalue weighted by Crippen LogP contribution is -2.20. The van der Waals surface area contributed by atoms with E-state index in [1.165, 1.54) is 0 Å². The van der Waals surface area contributed by atoms with Gasteiger partial charge < -0.3 is 5.43 Å². The van der Waals surface area contributed by atoms with Crippen LogP contribution in [0, 0.1) is 0 Å². The Kier molecular flexibility index (Phi) is 3.88. The molecule has 0 aromatic heterocycles. The molecule has 0 aliphatic rings. The van der Waals surface area contributed by atoms with E-state index in [0.29, 0.717) is 0 Å². The van der Waals surface area contributed by atoms with Crippen molar-refractivity contribution in [1.29, 1.82) is 0 Å². The van der Waals surface area contributed by atoms with Crippen molar-refractivity contribution in [2.75, 3.05) is 0 Å². The van der Waals surface area contributed by atoms with Crippen LogP contribution in [-0.4, -0.2) is 6.72 Å². The fourth-order valence-electron chi connectivity index (χ4n) is 0.341. The molecule has 0 heterocycles. The smallest absolute Gasteiger partial charge is 0.0463 e. The van der Waals surface area contributed by atoms with Gasteiger partial charge in [-0.15, -0.1) is 0 Å². The van der Waals surface area contributed by atoms with E-state index in [-0.39, 0.29) is 0 Å². The molecule has 0 atom stereocenters. The molecule has 0 amide bonds. The molecule has 0 fully saturated rings. The Labute approximate surface area is 49.3 Å². The van der Waals surface area contributed by atoms with E-state index < -0.39 is 0 Å². The Morgan fingerprint density at radius 2 is 2.62 bits per heavy atom. The fourth-order valence-corrected chi connectivity index (χ4v) is 0.341. The fraction of sp³-hybridized carbons (Fsp3) is 0.400. The van der Waals surface area contributed by atoms with E-state index in [9.17, 15) is 0 Å². The predicted molar refractivity (Wildman–Crippen MR) is 35.2 cm³/mol. The molecule has 8 heavy (non-hydrogen) atoms. The minimum absolute atomic E-state index is 0.857. The molecule has 0 saturated carbocycles. The number of rotatable bonds is 3. The van der Waals surface area contributed by atoms with Crippen LogP contribution < -0.4 is 11.3 Å². The van der Waals surface area contributed by atoms with E-state index in [1.807, 2.05) is 6.92 Å². The van der Waals surface area contributed by atoms with Gasteiger partial charge in [-0.3, -0.25) is 10.8 Å². The van der Waals surface area contributed by atoms with E-state index in [4.69, 9.17) is 5.84 Å². The number of nitrogens with two attached hydrogens (primary N) is 1. The van der Waals surface area contributed by atoms with Crippen LogP contribution in [0.2, 0.25) is 0 Å². The Morgan fingerprint density at radius 3 is 2.75 bits per heavy atom. The highest BCUT2D eigenvalue weighted by atomic mass is 15.2. The largest absolute Gasteiger partial charge is 0.327 e. The summed E-state index contributed by atoms with van der Waals surface area (Å²) >= 11 is 0. The SMILES string of the molecule is C=N/C=C(/CC)NN. The minimum Gasteiger partial charge on any atom is -0.327 e. The van der Waals surface area contributed by atoms with Gasteiger partial charge in [0.1, 0.15) is 0 Å². The second-order valence-corrected chi connectivity index (χ2v) is 1.33. The van der Waals surface area contributed by atoms with Crippen LogP contribution in [0.5, 0.6) is 0 Å². The summed E-state index contributed by atoms with van der Waals surface area (Å²) < 4.78 is 0. The van der Waals surface area contributed by atoms with Gasteiger partial charge in [0.2, 0.25) is 0 Å². The molecule has 0 aliphatic carbocycles. The lowest BCUT2D eigenvalue weighted by molar-refractivity contribution is 0.823. The third-order valence-corrected chi connectivity index (χ3v) is 0.813. The molecule has 0 aliphatic heterocycles. The molecule has 0 radical (unpaired) electrons. The molecule has 0 unspecified atom stereocenters. The summed E-state index contributed by atoms with van der Waals surface area (Å²) in [6, 6.07) is 0. The summed E-state index contributed by atoms with van der Waals surface area (Å²) in [5.74, 6) is 5.06. The first-order chi connectivity index (χ1) is 3.85. The van der Waals surface area contributed by atoms with Crippen molar-refractivity contribution in [1.82, 2.24) is 5.43 Å². The molecule has 46 valence electrons. The molecule has 3 heteroatoms. The van der Waals surface area contributed by atoms with Crippen molar-refractivity contribution < 1.29 is 0 Å². The lowest BCUT2D eigenvalue weighted by Gasteiger charge is -1.97. The summed E-state index contributed by atoms with van der Waals surface area (Å²) in [4.78, 5) is 3.52. The predicted octanol–water partition coefficient (Wildman–Crippen LogP) is 0.402. The Morgan fingerprint density at radius 1 is 2.00 bits per heavy atom. The monoisotopic (exact) mass is 113 g/mol. The van der Waals surface area contributed by atoms with Gasteiger partial charge in [0, 0.05) is 11.9 Å². The van der Waals surface area contributed by atoms with Gasteiger partial charge in [-0.2, -0.15) is 0 Å². The third kappa shape index (κ3) is 2.36. The highest BCUT2D eigenvalue weighted by Gasteiger charge is 1.82. The average Bonchev–Trinajstić information content (AvgIpc) is 1.83. The molecular formula is C5H11N3. The molecule has 0 spiro atoms. The van der Waals surface area contributed by atoms with Crippen LogP contribution in [0.25, 0.3) is 0 Å². The van der Waals surface area contributed by atoms with Gasteiger partial charge in [-0.05, 0) is 13.1 Å². The molecule has 0 rings (SSSR count). The number of hydrogen-bond acceptors (Lipinski definition) is 3. The number of hydrazine groups is 1. The molecule has 0 saturated heterocycles. The number of hydrogen-bond donors (Lipinski definition) is 2. The summed E-state index contributed by atoms with van der Waals surface area (Å²) in [5.41, 5.74) is 3.37. The normalized spacial score (nSPS) is 11.0. The molecule has 3 N–H and O–H groups in total. The topological polar surface area (TPSA) is 50.4 Å². The zero-order valence-electron chi connectivity index (χ0n) is 5.02. The van der Waals surface area contributed by atoms with Crippen LogP contribution in [0.4, 0.5) is 0 Å². The van der Waals surface area contributed by atoms with E-state index in [0.717, 1.165) is 12.1 Å². The van der Waals surface area contributed by atoms with Gasteiger partial charge in [-0.25, -0.2) is 0 Å². The van der Waals surface area contributed by atoms with E-state index in [2.05, 4.69) is 17.1 Å². The Balaban J connectivity index is 3.66. The lowest BCUT2D eigenvalue weighted by atomic mass is 10.4. The van der Waals surface area contributed by atoms with Crippen molar-refractivity contribution in [2.24, 2.45) is 10.8 Å². The summed E-state index contributed by atoms with van der Waals surface area (Å²) in [5, 5.41) is 0. The van der Waals surface area contributed by atoms with Crippen molar-refractivity contribution in [3.63, 3.8) is 0 Å². The maximum absolute atomic E-state index is 5.06. The first kappa shape index (κ1) is 7.17. The number of nitrogens with one attached hydrogen (secondary N) is 1. The summed E-state index contributed by atoms with van der Waals surface area (Å²) in [6.45, 7) is 5.26. The highest BCUT2D eigenvalue weighted by molar-refractivity contribution is 5.26. The van der Waals surface area contributed by atoms with Crippen LogP contribution in [0.15, 0.2) is 16.9 Å². The van der Waals surface area contributed by atoms with Gasteiger partial charge in [0.25, 0.3) is 0 Å². The second-order valence-electron chi connectivity index (χ2n) is 1.33. The summed E-state index contributed by atoms with van der Waals surface area (Å²) in [7, 11) is 0. The Bertz CT molecular complexity index is 89.8. The first-order valence-electron chi connectivity index (χ1n) is 2.46. The minimum atomic E-state index is 0.857. The van der Waals surface area contributed by atoms with Crippen molar-refractivity contribution in [3.8, 4) is 0 Å². The van der Waals surface area contributed by atoms with E-state index >= 15 is 0 Å². The van der Waals surface area contributed by atoms with Crippen molar-refractivity contribution >= 4 is 6.72 Å². The standard InChI is InChI=1S/C5H11N3/c1-3-5(8-6)4-7-2/h4,8H,2-3,6H2,1H3/b5-4-. The number of allylic oxidation sites excluding steroid dienone is 1. The first-order valence-corrected chi connectivity index (χ1v) is 2.46. The van der Waals surface area contributed by atoms with Crippen LogP contribution in [0.1, 0.15) is 13.3 Å². The van der Waals surface area contributed by atoms with E-state index in [1.54, 1.807) is 6.20 Å². The van der Waals surface area contributed by atoms with Gasteiger partial charge in [0.15, 0.2) is 0 Å². The van der Waals surface area contributed by atoms with Crippen LogP contribution in [0.3, 0.4) is 0 Å². The number of nitrogens with zero attached hydrogens (tertiary/aromatic N) is 1. The highest BCUT2D eigenvalue weighted by Crippen LogP contribution is 1.91. The zero-order chi connectivity index (χ0) is 6.41. The quantitative estimate of drug-likeness (QED) is 0.316. The zero-order valence-corrected chi connectivity index (χ0v) is 5.02. The maximum atomic E-state index is 5.06.